The second-order valence-corrected chi connectivity index (χ2v) is 4.93. The van der Waals surface area contributed by atoms with Crippen molar-refractivity contribution in [2.75, 3.05) is 0 Å². The maximum absolute atomic E-state index is 13.7. The first-order valence-electron chi connectivity index (χ1n) is 6.13. The summed E-state index contributed by atoms with van der Waals surface area (Å²) in [6, 6.07) is 14.5. The second-order valence-electron chi connectivity index (χ2n) is 4.49. The fourth-order valence-electron chi connectivity index (χ4n) is 2.05. The van der Waals surface area contributed by atoms with Gasteiger partial charge in [-0.1, -0.05) is 41.9 Å². The van der Waals surface area contributed by atoms with Crippen LogP contribution in [0.5, 0.6) is 0 Å². The minimum atomic E-state index is -0.252. The van der Waals surface area contributed by atoms with Gasteiger partial charge in [0, 0.05) is 11.1 Å². The van der Waals surface area contributed by atoms with Crippen LogP contribution in [0, 0.1) is 5.82 Å². The summed E-state index contributed by atoms with van der Waals surface area (Å²) in [5.41, 5.74) is 4.47. The molecule has 0 saturated heterocycles. The van der Waals surface area contributed by atoms with Gasteiger partial charge in [-0.25, -0.2) is 4.39 Å². The van der Waals surface area contributed by atoms with Gasteiger partial charge in [0.25, 0.3) is 0 Å². The molecule has 0 aliphatic carbocycles. The fraction of sp³-hybridized carbons (Fsp3) is 0.200. The van der Waals surface area contributed by atoms with Crippen LogP contribution in [0.1, 0.15) is 11.1 Å². The molecule has 0 bridgehead atoms. The molecule has 3 N–H and O–H groups in total. The Bertz CT molecular complexity index is 531. The van der Waals surface area contributed by atoms with Gasteiger partial charge in [-0.05, 0) is 42.2 Å². The van der Waals surface area contributed by atoms with Crippen molar-refractivity contribution in [2.45, 2.75) is 18.9 Å². The Balaban J connectivity index is 2.09. The molecule has 0 fully saturated rings. The highest BCUT2D eigenvalue weighted by Gasteiger charge is 2.12. The van der Waals surface area contributed by atoms with E-state index in [-0.39, 0.29) is 11.9 Å². The maximum atomic E-state index is 13.7. The predicted molar refractivity (Wildman–Crippen MR) is 76.4 cm³/mol. The Morgan fingerprint density at radius 3 is 2.53 bits per heavy atom. The van der Waals surface area contributed by atoms with Gasteiger partial charge in [0.2, 0.25) is 0 Å². The van der Waals surface area contributed by atoms with Gasteiger partial charge in [-0.15, -0.1) is 0 Å². The van der Waals surface area contributed by atoms with Gasteiger partial charge >= 0.3 is 0 Å². The van der Waals surface area contributed by atoms with Crippen molar-refractivity contribution in [3.8, 4) is 0 Å². The van der Waals surface area contributed by atoms with E-state index in [0.29, 0.717) is 17.0 Å². The SMILES string of the molecule is NNC(Cc1ccccc1)Cc1cc(Cl)ccc1F. The number of hydrazine groups is 1. The Labute approximate surface area is 117 Å². The third kappa shape index (κ3) is 4.03. The van der Waals surface area contributed by atoms with Crippen LogP contribution in [0.3, 0.4) is 0 Å². The van der Waals surface area contributed by atoms with Gasteiger partial charge in [0.1, 0.15) is 5.82 Å². The molecule has 2 aromatic rings. The van der Waals surface area contributed by atoms with Crippen LogP contribution in [0.25, 0.3) is 0 Å². The number of halogens is 2. The molecule has 0 aliphatic heterocycles. The molecule has 2 rings (SSSR count). The Morgan fingerprint density at radius 1 is 1.11 bits per heavy atom. The van der Waals surface area contributed by atoms with E-state index in [9.17, 15) is 4.39 Å². The zero-order chi connectivity index (χ0) is 13.7. The minimum absolute atomic E-state index is 0.0321. The van der Waals surface area contributed by atoms with E-state index >= 15 is 0 Å². The van der Waals surface area contributed by atoms with E-state index in [1.54, 1.807) is 12.1 Å². The third-order valence-corrected chi connectivity index (χ3v) is 3.27. The highest BCUT2D eigenvalue weighted by Crippen LogP contribution is 2.17. The first-order valence-corrected chi connectivity index (χ1v) is 6.51. The van der Waals surface area contributed by atoms with Crippen LogP contribution >= 0.6 is 11.6 Å². The Hall–Kier alpha value is -1.42. The summed E-state index contributed by atoms with van der Waals surface area (Å²) in [5.74, 6) is 5.30. The number of hydrogen-bond acceptors (Lipinski definition) is 2. The normalized spacial score (nSPS) is 12.4. The molecule has 0 aliphatic rings. The van der Waals surface area contributed by atoms with E-state index < -0.39 is 0 Å². The van der Waals surface area contributed by atoms with Crippen LogP contribution in [0.15, 0.2) is 48.5 Å². The molecule has 0 radical (unpaired) electrons. The van der Waals surface area contributed by atoms with Gasteiger partial charge in [-0.2, -0.15) is 0 Å². The van der Waals surface area contributed by atoms with E-state index in [0.717, 1.165) is 12.0 Å². The van der Waals surface area contributed by atoms with Crippen LogP contribution in [0.2, 0.25) is 5.02 Å². The standard InChI is InChI=1S/C15H16ClFN2/c16-13-6-7-15(17)12(9-13)10-14(19-18)8-11-4-2-1-3-5-11/h1-7,9,14,19H,8,10,18H2. The molecule has 0 spiro atoms. The van der Waals surface area contributed by atoms with Crippen LogP contribution in [0.4, 0.5) is 4.39 Å². The quantitative estimate of drug-likeness (QED) is 0.651. The molecule has 0 saturated carbocycles. The number of benzene rings is 2. The van der Waals surface area contributed by atoms with Crippen molar-refractivity contribution >= 4 is 11.6 Å². The molecule has 1 atom stereocenters. The van der Waals surface area contributed by atoms with Crippen LogP contribution in [-0.2, 0) is 12.8 Å². The van der Waals surface area contributed by atoms with Crippen molar-refractivity contribution in [1.29, 1.82) is 0 Å². The van der Waals surface area contributed by atoms with Crippen molar-refractivity contribution < 1.29 is 4.39 Å². The lowest BCUT2D eigenvalue weighted by Gasteiger charge is -2.16. The predicted octanol–water partition coefficient (Wildman–Crippen LogP) is 3.10. The van der Waals surface area contributed by atoms with Crippen molar-refractivity contribution in [3.05, 3.63) is 70.5 Å². The van der Waals surface area contributed by atoms with Gasteiger partial charge in [-0.3, -0.25) is 11.3 Å². The number of rotatable bonds is 5. The number of nitrogens with one attached hydrogen (secondary N) is 1. The smallest absolute Gasteiger partial charge is 0.126 e. The fourth-order valence-corrected chi connectivity index (χ4v) is 2.25. The average Bonchev–Trinajstić information content (AvgIpc) is 2.43. The molecule has 0 amide bonds. The molecule has 0 heterocycles. The van der Waals surface area contributed by atoms with Crippen molar-refractivity contribution in [3.63, 3.8) is 0 Å². The number of nitrogens with two attached hydrogens (primary N) is 1. The van der Waals surface area contributed by atoms with Gasteiger partial charge in [0.15, 0.2) is 0 Å². The summed E-state index contributed by atoms with van der Waals surface area (Å²) >= 11 is 5.89. The Kier molecular flexibility index (Phi) is 4.91. The summed E-state index contributed by atoms with van der Waals surface area (Å²) in [6.07, 6.45) is 1.24. The maximum Gasteiger partial charge on any atom is 0.126 e. The van der Waals surface area contributed by atoms with E-state index in [1.165, 1.54) is 6.07 Å². The van der Waals surface area contributed by atoms with E-state index in [4.69, 9.17) is 17.4 Å². The first kappa shape index (κ1) is 14.0. The molecule has 19 heavy (non-hydrogen) atoms. The summed E-state index contributed by atoms with van der Waals surface area (Å²) in [6.45, 7) is 0. The van der Waals surface area contributed by atoms with Gasteiger partial charge < -0.3 is 0 Å². The zero-order valence-electron chi connectivity index (χ0n) is 10.4. The van der Waals surface area contributed by atoms with Crippen molar-refractivity contribution in [2.24, 2.45) is 5.84 Å². The summed E-state index contributed by atoms with van der Waals surface area (Å²) < 4.78 is 13.7. The monoisotopic (exact) mass is 278 g/mol. The summed E-state index contributed by atoms with van der Waals surface area (Å²) in [7, 11) is 0. The molecule has 1 unspecified atom stereocenters. The first-order chi connectivity index (χ1) is 9.19. The Morgan fingerprint density at radius 2 is 1.84 bits per heavy atom. The van der Waals surface area contributed by atoms with E-state index in [1.807, 2.05) is 30.3 Å². The average molecular weight is 279 g/mol. The highest BCUT2D eigenvalue weighted by molar-refractivity contribution is 6.30. The molecule has 2 aromatic carbocycles. The molecule has 0 aromatic heterocycles. The summed E-state index contributed by atoms with van der Waals surface area (Å²) in [5, 5.41) is 0.534. The van der Waals surface area contributed by atoms with Crippen molar-refractivity contribution in [1.82, 2.24) is 5.43 Å². The second kappa shape index (κ2) is 6.66. The van der Waals surface area contributed by atoms with Crippen LogP contribution in [-0.4, -0.2) is 6.04 Å². The lowest BCUT2D eigenvalue weighted by Crippen LogP contribution is -2.38. The zero-order valence-corrected chi connectivity index (χ0v) is 11.2. The third-order valence-electron chi connectivity index (χ3n) is 3.03. The van der Waals surface area contributed by atoms with Crippen LogP contribution < -0.4 is 11.3 Å². The summed E-state index contributed by atoms with van der Waals surface area (Å²) in [4.78, 5) is 0. The van der Waals surface area contributed by atoms with Gasteiger partial charge in [0.05, 0.1) is 0 Å². The molecular weight excluding hydrogens is 263 g/mol. The molecule has 4 heteroatoms. The lowest BCUT2D eigenvalue weighted by atomic mass is 9.99. The highest BCUT2D eigenvalue weighted by atomic mass is 35.5. The van der Waals surface area contributed by atoms with E-state index in [2.05, 4.69) is 5.43 Å². The minimum Gasteiger partial charge on any atom is -0.271 e. The number of hydrogen-bond donors (Lipinski definition) is 2. The molecule has 100 valence electrons. The molecular formula is C15H16ClFN2. The topological polar surface area (TPSA) is 38.0 Å². The molecule has 2 nitrogen and oxygen atoms in total. The lowest BCUT2D eigenvalue weighted by molar-refractivity contribution is 0.506. The largest absolute Gasteiger partial charge is 0.271 e.